The van der Waals surface area contributed by atoms with Crippen LogP contribution in [0.1, 0.15) is 30.9 Å². The molecule has 1 unspecified atom stereocenters. The van der Waals surface area contributed by atoms with Crippen LogP contribution in [0.2, 0.25) is 0 Å². The predicted octanol–water partition coefficient (Wildman–Crippen LogP) is 2.38. The maximum Gasteiger partial charge on any atom is 0.123 e. The van der Waals surface area contributed by atoms with Gasteiger partial charge in [-0.25, -0.2) is 4.39 Å². The molecule has 90 valence electrons. The summed E-state index contributed by atoms with van der Waals surface area (Å²) in [5.41, 5.74) is 2.10. The number of hydrogen-bond acceptors (Lipinski definition) is 2. The van der Waals surface area contributed by atoms with Crippen LogP contribution in [-0.2, 0) is 6.54 Å². The highest BCUT2D eigenvalue weighted by molar-refractivity contribution is 5.26. The summed E-state index contributed by atoms with van der Waals surface area (Å²) in [5.74, 6) is -0.189. The molecule has 0 aliphatic carbocycles. The number of aliphatic hydroxyl groups excluding tert-OH is 1. The molecule has 0 amide bonds. The Kier molecular flexibility index (Phi) is 5.43. The van der Waals surface area contributed by atoms with Gasteiger partial charge in [-0.15, -0.1) is 0 Å². The molecule has 0 radical (unpaired) electrons. The zero-order valence-corrected chi connectivity index (χ0v) is 9.96. The summed E-state index contributed by atoms with van der Waals surface area (Å²) in [5, 5.41) is 12.0. The van der Waals surface area contributed by atoms with Crippen LogP contribution in [0.5, 0.6) is 0 Å². The maximum absolute atomic E-state index is 13.0. The van der Waals surface area contributed by atoms with Crippen LogP contribution in [0.25, 0.3) is 0 Å². The fourth-order valence-corrected chi connectivity index (χ4v) is 1.61. The first-order valence-electron chi connectivity index (χ1n) is 5.72. The minimum Gasteiger partial charge on any atom is -0.396 e. The van der Waals surface area contributed by atoms with Crippen molar-refractivity contribution >= 4 is 0 Å². The van der Waals surface area contributed by atoms with Gasteiger partial charge in [-0.1, -0.05) is 6.07 Å². The summed E-state index contributed by atoms with van der Waals surface area (Å²) in [6, 6.07) is 5.19. The average molecular weight is 225 g/mol. The molecule has 1 atom stereocenters. The number of rotatable bonds is 6. The smallest absolute Gasteiger partial charge is 0.123 e. The molecule has 2 N–H and O–H groups in total. The van der Waals surface area contributed by atoms with Crippen molar-refractivity contribution in [2.45, 2.75) is 39.3 Å². The van der Waals surface area contributed by atoms with Crippen LogP contribution in [0.4, 0.5) is 4.39 Å². The van der Waals surface area contributed by atoms with Crippen molar-refractivity contribution in [2.75, 3.05) is 6.61 Å². The van der Waals surface area contributed by atoms with E-state index in [4.69, 9.17) is 5.11 Å². The summed E-state index contributed by atoms with van der Waals surface area (Å²) < 4.78 is 13.0. The third-order valence-corrected chi connectivity index (χ3v) is 2.75. The third kappa shape index (κ3) is 4.29. The number of halogens is 1. The van der Waals surface area contributed by atoms with Gasteiger partial charge in [0.05, 0.1) is 0 Å². The van der Waals surface area contributed by atoms with Crippen LogP contribution >= 0.6 is 0 Å². The quantitative estimate of drug-likeness (QED) is 0.779. The second kappa shape index (κ2) is 6.61. The number of nitrogens with one attached hydrogen (secondary N) is 1. The van der Waals surface area contributed by atoms with Crippen molar-refractivity contribution in [1.29, 1.82) is 0 Å². The Morgan fingerprint density at radius 3 is 2.88 bits per heavy atom. The van der Waals surface area contributed by atoms with E-state index in [0.717, 1.165) is 24.0 Å². The normalized spacial score (nSPS) is 12.8. The second-order valence-corrected chi connectivity index (χ2v) is 4.22. The first-order chi connectivity index (χ1) is 7.63. The van der Waals surface area contributed by atoms with Gasteiger partial charge in [0.15, 0.2) is 0 Å². The third-order valence-electron chi connectivity index (χ3n) is 2.75. The van der Waals surface area contributed by atoms with Gasteiger partial charge in [-0.05, 0) is 49.9 Å². The Bertz CT molecular complexity index is 328. The lowest BCUT2D eigenvalue weighted by Gasteiger charge is -2.14. The van der Waals surface area contributed by atoms with Crippen molar-refractivity contribution in [3.8, 4) is 0 Å². The molecule has 1 aromatic rings. The summed E-state index contributed by atoms with van der Waals surface area (Å²) >= 11 is 0. The van der Waals surface area contributed by atoms with E-state index in [-0.39, 0.29) is 12.4 Å². The average Bonchev–Trinajstić information content (AvgIpc) is 2.27. The highest BCUT2D eigenvalue weighted by Crippen LogP contribution is 2.10. The van der Waals surface area contributed by atoms with Gasteiger partial charge >= 0.3 is 0 Å². The van der Waals surface area contributed by atoms with Crippen LogP contribution in [0.15, 0.2) is 18.2 Å². The molecule has 0 heterocycles. The molecule has 0 aliphatic heterocycles. The maximum atomic E-state index is 13.0. The Hall–Kier alpha value is -0.930. The number of aliphatic hydroxyl groups is 1. The zero-order chi connectivity index (χ0) is 12.0. The van der Waals surface area contributed by atoms with Crippen LogP contribution < -0.4 is 5.32 Å². The lowest BCUT2D eigenvalue weighted by molar-refractivity contribution is 0.276. The summed E-state index contributed by atoms with van der Waals surface area (Å²) in [6.45, 7) is 4.96. The van der Waals surface area contributed by atoms with Crippen LogP contribution in [0, 0.1) is 12.7 Å². The Balaban J connectivity index is 2.44. The Morgan fingerprint density at radius 2 is 2.19 bits per heavy atom. The monoisotopic (exact) mass is 225 g/mol. The molecular formula is C13H20FNO. The minimum absolute atomic E-state index is 0.189. The number of hydrogen-bond donors (Lipinski definition) is 2. The lowest BCUT2D eigenvalue weighted by Crippen LogP contribution is -2.26. The minimum atomic E-state index is -0.189. The molecule has 0 aliphatic rings. The van der Waals surface area contributed by atoms with E-state index in [1.165, 1.54) is 6.07 Å². The lowest BCUT2D eigenvalue weighted by atomic mass is 10.1. The zero-order valence-electron chi connectivity index (χ0n) is 9.96. The van der Waals surface area contributed by atoms with Gasteiger partial charge in [0, 0.05) is 19.2 Å². The standard InChI is InChI=1S/C13H20FNO/c1-10-5-6-13(14)8-12(10)9-15-11(2)4-3-7-16/h5-6,8,11,15-16H,3-4,7,9H2,1-2H3. The largest absolute Gasteiger partial charge is 0.396 e. The topological polar surface area (TPSA) is 32.3 Å². The molecule has 2 nitrogen and oxygen atoms in total. The molecule has 1 rings (SSSR count). The summed E-state index contributed by atoms with van der Waals surface area (Å²) in [6.07, 6.45) is 1.74. The summed E-state index contributed by atoms with van der Waals surface area (Å²) in [7, 11) is 0. The van der Waals surface area contributed by atoms with Crippen molar-refractivity contribution in [3.05, 3.63) is 35.1 Å². The molecule has 3 heteroatoms. The van der Waals surface area contributed by atoms with Gasteiger partial charge in [-0.3, -0.25) is 0 Å². The molecule has 0 saturated carbocycles. The highest BCUT2D eigenvalue weighted by atomic mass is 19.1. The Morgan fingerprint density at radius 1 is 1.44 bits per heavy atom. The van der Waals surface area contributed by atoms with Gasteiger partial charge in [0.25, 0.3) is 0 Å². The molecule has 0 saturated heterocycles. The van der Waals surface area contributed by atoms with E-state index >= 15 is 0 Å². The molecule has 0 fully saturated rings. The fraction of sp³-hybridized carbons (Fsp3) is 0.538. The molecule has 0 spiro atoms. The first-order valence-corrected chi connectivity index (χ1v) is 5.72. The number of benzene rings is 1. The molecular weight excluding hydrogens is 205 g/mol. The predicted molar refractivity (Wildman–Crippen MR) is 63.8 cm³/mol. The SMILES string of the molecule is Cc1ccc(F)cc1CNC(C)CCCO. The Labute approximate surface area is 96.5 Å². The fourth-order valence-electron chi connectivity index (χ4n) is 1.61. The van der Waals surface area contributed by atoms with Gasteiger partial charge in [-0.2, -0.15) is 0 Å². The first kappa shape index (κ1) is 13.1. The van der Waals surface area contributed by atoms with Crippen molar-refractivity contribution in [1.82, 2.24) is 5.32 Å². The van der Waals surface area contributed by atoms with E-state index in [0.29, 0.717) is 12.6 Å². The van der Waals surface area contributed by atoms with Crippen molar-refractivity contribution in [3.63, 3.8) is 0 Å². The van der Waals surface area contributed by atoms with E-state index < -0.39 is 0 Å². The van der Waals surface area contributed by atoms with Crippen molar-refractivity contribution in [2.24, 2.45) is 0 Å². The van der Waals surface area contributed by atoms with Gasteiger partial charge < -0.3 is 10.4 Å². The molecule has 0 aromatic heterocycles. The van der Waals surface area contributed by atoms with Crippen molar-refractivity contribution < 1.29 is 9.50 Å². The van der Waals surface area contributed by atoms with Gasteiger partial charge in [0.1, 0.15) is 5.82 Å². The summed E-state index contributed by atoms with van der Waals surface area (Å²) in [4.78, 5) is 0. The molecule has 16 heavy (non-hydrogen) atoms. The van der Waals surface area contributed by atoms with E-state index in [1.54, 1.807) is 12.1 Å². The highest BCUT2D eigenvalue weighted by Gasteiger charge is 2.04. The van der Waals surface area contributed by atoms with Crippen LogP contribution in [-0.4, -0.2) is 17.8 Å². The van der Waals surface area contributed by atoms with E-state index in [2.05, 4.69) is 12.2 Å². The number of aryl methyl sites for hydroxylation is 1. The van der Waals surface area contributed by atoms with Gasteiger partial charge in [0.2, 0.25) is 0 Å². The second-order valence-electron chi connectivity index (χ2n) is 4.22. The van der Waals surface area contributed by atoms with E-state index in [9.17, 15) is 4.39 Å². The molecule has 1 aromatic carbocycles. The van der Waals surface area contributed by atoms with Crippen LogP contribution in [0.3, 0.4) is 0 Å². The van der Waals surface area contributed by atoms with E-state index in [1.807, 2.05) is 6.92 Å². The molecule has 0 bridgehead atoms.